The lowest BCUT2D eigenvalue weighted by Gasteiger charge is -2.17. The Balaban J connectivity index is 2.02. The van der Waals surface area contributed by atoms with Crippen molar-refractivity contribution in [2.45, 2.75) is 18.6 Å². The third kappa shape index (κ3) is 4.81. The van der Waals surface area contributed by atoms with Crippen LogP contribution in [0.4, 0.5) is 0 Å². The molecule has 6 heteroatoms. The van der Waals surface area contributed by atoms with E-state index < -0.39 is 24.0 Å². The van der Waals surface area contributed by atoms with Crippen LogP contribution in [0.2, 0.25) is 5.02 Å². The molecule has 0 bridgehead atoms. The number of carbonyl (C=O) groups is 2. The van der Waals surface area contributed by atoms with Gasteiger partial charge < -0.3 is 16.2 Å². The van der Waals surface area contributed by atoms with E-state index in [-0.39, 0.29) is 6.42 Å². The highest BCUT2D eigenvalue weighted by Crippen LogP contribution is 2.20. The van der Waals surface area contributed by atoms with Gasteiger partial charge in [-0.05, 0) is 23.3 Å². The molecular weight excluding hydrogens is 316 g/mol. The molecule has 0 radical (unpaired) electrons. The van der Waals surface area contributed by atoms with Gasteiger partial charge in [-0.2, -0.15) is 0 Å². The maximum Gasteiger partial charge on any atom is 0.244 e. The number of amides is 2. The highest BCUT2D eigenvalue weighted by molar-refractivity contribution is 6.30. The molecule has 2 rings (SSSR count). The molecule has 0 aliphatic heterocycles. The summed E-state index contributed by atoms with van der Waals surface area (Å²) in [6.07, 6.45) is -1.17. The molecule has 2 aromatic carbocycles. The first-order valence-electron chi connectivity index (χ1n) is 7.04. The Bertz CT molecular complexity index is 674. The number of halogens is 1. The van der Waals surface area contributed by atoms with E-state index in [2.05, 4.69) is 5.32 Å². The van der Waals surface area contributed by atoms with Crippen molar-refractivity contribution in [2.75, 3.05) is 0 Å². The van der Waals surface area contributed by atoms with Gasteiger partial charge in [0.15, 0.2) is 0 Å². The highest BCUT2D eigenvalue weighted by Gasteiger charge is 2.21. The summed E-state index contributed by atoms with van der Waals surface area (Å²) in [5, 5.41) is 13.2. The summed E-state index contributed by atoms with van der Waals surface area (Å²) in [6, 6.07) is 14.3. The van der Waals surface area contributed by atoms with E-state index in [1.807, 2.05) is 0 Å². The lowest BCUT2D eigenvalue weighted by molar-refractivity contribution is -0.128. The first-order chi connectivity index (χ1) is 11.0. The molecule has 0 aromatic heterocycles. The summed E-state index contributed by atoms with van der Waals surface area (Å²) >= 11 is 5.78. The van der Waals surface area contributed by atoms with Crippen LogP contribution in [-0.4, -0.2) is 16.9 Å². The second-order valence-electron chi connectivity index (χ2n) is 5.09. The summed E-state index contributed by atoms with van der Waals surface area (Å²) < 4.78 is 0. The number of aliphatic hydroxyl groups is 1. The fourth-order valence-electron chi connectivity index (χ4n) is 2.16. The smallest absolute Gasteiger partial charge is 0.244 e. The number of nitrogens with one attached hydrogen (secondary N) is 1. The van der Waals surface area contributed by atoms with Gasteiger partial charge in [-0.15, -0.1) is 0 Å². The lowest BCUT2D eigenvalue weighted by Crippen LogP contribution is -2.38. The van der Waals surface area contributed by atoms with Crippen LogP contribution in [-0.2, 0) is 9.59 Å². The van der Waals surface area contributed by atoms with Crippen molar-refractivity contribution >= 4 is 23.4 Å². The number of primary amides is 1. The largest absolute Gasteiger partial charge is 0.388 e. The summed E-state index contributed by atoms with van der Waals surface area (Å²) in [5.74, 6) is -1.13. The molecule has 0 aliphatic rings. The van der Waals surface area contributed by atoms with Crippen LogP contribution in [0.5, 0.6) is 0 Å². The van der Waals surface area contributed by atoms with E-state index in [0.717, 1.165) is 0 Å². The van der Waals surface area contributed by atoms with E-state index in [0.29, 0.717) is 16.1 Å². The standard InChI is InChI=1S/C17H17ClN2O3/c18-13-8-6-11(7-9-13)14(21)10-15(22)20-16(17(19)23)12-4-2-1-3-5-12/h1-9,14,16,21H,10H2,(H2,19,23)(H,20,22). The molecule has 120 valence electrons. The minimum absolute atomic E-state index is 0.182. The van der Waals surface area contributed by atoms with Crippen molar-refractivity contribution in [2.24, 2.45) is 5.73 Å². The molecule has 0 heterocycles. The summed E-state index contributed by atoms with van der Waals surface area (Å²) in [7, 11) is 0. The molecule has 23 heavy (non-hydrogen) atoms. The third-order valence-corrected chi connectivity index (χ3v) is 3.61. The maximum atomic E-state index is 12.1. The molecule has 0 saturated heterocycles. The second-order valence-corrected chi connectivity index (χ2v) is 5.52. The number of hydrogen-bond donors (Lipinski definition) is 3. The van der Waals surface area contributed by atoms with E-state index >= 15 is 0 Å². The minimum atomic E-state index is -0.989. The monoisotopic (exact) mass is 332 g/mol. The van der Waals surface area contributed by atoms with Crippen LogP contribution in [0.25, 0.3) is 0 Å². The molecule has 0 aliphatic carbocycles. The van der Waals surface area contributed by atoms with Crippen molar-refractivity contribution in [1.82, 2.24) is 5.32 Å². The molecule has 5 nitrogen and oxygen atoms in total. The molecule has 2 aromatic rings. The molecule has 4 N–H and O–H groups in total. The summed E-state index contributed by atoms with van der Waals surface area (Å²) in [4.78, 5) is 23.6. The Hall–Kier alpha value is -2.37. The summed E-state index contributed by atoms with van der Waals surface area (Å²) in [6.45, 7) is 0. The number of rotatable bonds is 6. The molecule has 2 amide bonds. The zero-order chi connectivity index (χ0) is 16.8. The maximum absolute atomic E-state index is 12.1. The van der Waals surface area contributed by atoms with E-state index in [9.17, 15) is 14.7 Å². The van der Waals surface area contributed by atoms with Crippen molar-refractivity contribution < 1.29 is 14.7 Å². The average molecular weight is 333 g/mol. The van der Waals surface area contributed by atoms with E-state index in [4.69, 9.17) is 17.3 Å². The number of benzene rings is 2. The first kappa shape index (κ1) is 17.0. The third-order valence-electron chi connectivity index (χ3n) is 3.36. The minimum Gasteiger partial charge on any atom is -0.388 e. The number of hydrogen-bond acceptors (Lipinski definition) is 3. The predicted octanol–water partition coefficient (Wildman–Crippen LogP) is 2.11. The molecule has 2 unspecified atom stereocenters. The SMILES string of the molecule is NC(=O)C(NC(=O)CC(O)c1ccc(Cl)cc1)c1ccccc1. The van der Waals surface area contributed by atoms with Gasteiger partial charge in [-0.1, -0.05) is 54.1 Å². The average Bonchev–Trinajstić information content (AvgIpc) is 2.53. The van der Waals surface area contributed by atoms with Crippen LogP contribution in [0.1, 0.15) is 29.7 Å². The Morgan fingerprint density at radius 2 is 1.65 bits per heavy atom. The van der Waals surface area contributed by atoms with E-state index in [1.54, 1.807) is 54.6 Å². The van der Waals surface area contributed by atoms with Gasteiger partial charge in [-0.3, -0.25) is 9.59 Å². The van der Waals surface area contributed by atoms with Crippen LogP contribution in [0, 0.1) is 0 Å². The normalized spacial score (nSPS) is 13.1. The fourth-order valence-corrected chi connectivity index (χ4v) is 2.29. The van der Waals surface area contributed by atoms with Crippen LogP contribution < -0.4 is 11.1 Å². The van der Waals surface area contributed by atoms with Gasteiger partial charge in [0.05, 0.1) is 12.5 Å². The van der Waals surface area contributed by atoms with Gasteiger partial charge in [-0.25, -0.2) is 0 Å². The molecule has 0 saturated carbocycles. The summed E-state index contributed by atoms with van der Waals surface area (Å²) in [5.41, 5.74) is 6.51. The van der Waals surface area contributed by atoms with E-state index in [1.165, 1.54) is 0 Å². The van der Waals surface area contributed by atoms with Gasteiger partial charge in [0.2, 0.25) is 11.8 Å². The van der Waals surface area contributed by atoms with Gasteiger partial charge in [0.25, 0.3) is 0 Å². The van der Waals surface area contributed by atoms with Crippen LogP contribution in [0.3, 0.4) is 0 Å². The van der Waals surface area contributed by atoms with Gasteiger partial charge >= 0.3 is 0 Å². The highest BCUT2D eigenvalue weighted by atomic mass is 35.5. The van der Waals surface area contributed by atoms with Crippen molar-refractivity contribution in [3.05, 3.63) is 70.7 Å². The topological polar surface area (TPSA) is 92.4 Å². The first-order valence-corrected chi connectivity index (χ1v) is 7.42. The number of carbonyl (C=O) groups excluding carboxylic acids is 2. The zero-order valence-electron chi connectivity index (χ0n) is 12.3. The van der Waals surface area contributed by atoms with Crippen molar-refractivity contribution in [3.8, 4) is 0 Å². The Morgan fingerprint density at radius 3 is 2.22 bits per heavy atom. The van der Waals surface area contributed by atoms with Crippen LogP contribution >= 0.6 is 11.6 Å². The second kappa shape index (κ2) is 7.76. The molecular formula is C17H17ClN2O3. The fraction of sp³-hybridized carbons (Fsp3) is 0.176. The molecule has 0 spiro atoms. The lowest BCUT2D eigenvalue weighted by atomic mass is 10.0. The Kier molecular flexibility index (Phi) is 5.73. The van der Waals surface area contributed by atoms with Crippen LogP contribution in [0.15, 0.2) is 54.6 Å². The molecule has 0 fully saturated rings. The number of nitrogens with two attached hydrogens (primary N) is 1. The van der Waals surface area contributed by atoms with Gasteiger partial charge in [0, 0.05) is 5.02 Å². The number of aliphatic hydroxyl groups excluding tert-OH is 1. The molecule has 2 atom stereocenters. The van der Waals surface area contributed by atoms with Crippen molar-refractivity contribution in [1.29, 1.82) is 0 Å². The zero-order valence-corrected chi connectivity index (χ0v) is 13.0. The predicted molar refractivity (Wildman–Crippen MR) is 87.5 cm³/mol. The van der Waals surface area contributed by atoms with Crippen molar-refractivity contribution in [3.63, 3.8) is 0 Å². The Morgan fingerprint density at radius 1 is 1.04 bits per heavy atom. The van der Waals surface area contributed by atoms with Gasteiger partial charge in [0.1, 0.15) is 6.04 Å². The quantitative estimate of drug-likeness (QED) is 0.756. The Labute approximate surface area is 139 Å².